The van der Waals surface area contributed by atoms with Gasteiger partial charge in [-0.2, -0.15) is 0 Å². The largest absolute Gasteiger partial charge is 0.497 e. The van der Waals surface area contributed by atoms with Crippen molar-refractivity contribution in [2.75, 3.05) is 7.11 Å². The summed E-state index contributed by atoms with van der Waals surface area (Å²) in [6.45, 7) is 4.33. The summed E-state index contributed by atoms with van der Waals surface area (Å²) in [4.78, 5) is 11.2. The van der Waals surface area contributed by atoms with E-state index >= 15 is 0 Å². The maximum atomic E-state index is 11.2. The molecule has 0 aromatic heterocycles. The van der Waals surface area contributed by atoms with Crippen LogP contribution >= 0.6 is 0 Å². The molecule has 0 bridgehead atoms. The highest BCUT2D eigenvalue weighted by Crippen LogP contribution is 2.27. The Morgan fingerprint density at radius 3 is 2.26 bits per heavy atom. The van der Waals surface area contributed by atoms with Crippen LogP contribution in [-0.4, -0.2) is 13.4 Å². The van der Waals surface area contributed by atoms with Gasteiger partial charge in [-0.05, 0) is 40.8 Å². The zero-order valence-corrected chi connectivity index (χ0v) is 11.5. The van der Waals surface area contributed by atoms with Gasteiger partial charge < -0.3 is 4.74 Å². The summed E-state index contributed by atoms with van der Waals surface area (Å²) in [5.41, 5.74) is 3.93. The predicted molar refractivity (Wildman–Crippen MR) is 77.9 cm³/mol. The summed E-state index contributed by atoms with van der Waals surface area (Å²) in [6.07, 6.45) is 0.869. The normalized spacial score (nSPS) is 10.5. The monoisotopic (exact) mass is 254 g/mol. The molecular formula is C17H18O2. The highest BCUT2D eigenvalue weighted by molar-refractivity contribution is 5.88. The van der Waals surface area contributed by atoms with Crippen molar-refractivity contribution in [1.29, 1.82) is 0 Å². The number of carbonyl (C=O) groups is 1. The molecule has 0 fully saturated rings. The van der Waals surface area contributed by atoms with Crippen LogP contribution in [-0.2, 0) is 0 Å². The Balaban J connectivity index is 2.43. The summed E-state index contributed by atoms with van der Waals surface area (Å²) >= 11 is 0. The van der Waals surface area contributed by atoms with Gasteiger partial charge in [-0.15, -0.1) is 0 Å². The Labute approximate surface area is 114 Å². The van der Waals surface area contributed by atoms with Crippen LogP contribution in [0, 0.1) is 0 Å². The maximum Gasteiger partial charge on any atom is 0.150 e. The Morgan fingerprint density at radius 1 is 1.05 bits per heavy atom. The van der Waals surface area contributed by atoms with Gasteiger partial charge in [0, 0.05) is 5.56 Å². The molecule has 2 heteroatoms. The van der Waals surface area contributed by atoms with Gasteiger partial charge >= 0.3 is 0 Å². The SMILES string of the molecule is COc1ccc(-c2ccc(C(C)C)cc2)c(C=O)c1. The summed E-state index contributed by atoms with van der Waals surface area (Å²) < 4.78 is 5.14. The molecule has 0 N–H and O–H groups in total. The lowest BCUT2D eigenvalue weighted by atomic mass is 9.96. The van der Waals surface area contributed by atoms with Crippen LogP contribution in [0.2, 0.25) is 0 Å². The van der Waals surface area contributed by atoms with Crippen LogP contribution in [0.5, 0.6) is 5.75 Å². The van der Waals surface area contributed by atoms with Crippen LogP contribution < -0.4 is 4.74 Å². The molecule has 0 saturated heterocycles. The molecule has 2 nitrogen and oxygen atoms in total. The number of benzene rings is 2. The number of carbonyl (C=O) groups excluding carboxylic acids is 1. The Kier molecular flexibility index (Phi) is 4.00. The number of rotatable bonds is 4. The van der Waals surface area contributed by atoms with E-state index < -0.39 is 0 Å². The van der Waals surface area contributed by atoms with Gasteiger partial charge in [0.1, 0.15) is 5.75 Å². The number of ether oxygens (including phenoxy) is 1. The standard InChI is InChI=1S/C17H18O2/c1-12(2)13-4-6-14(7-5-13)17-9-8-16(19-3)10-15(17)11-18/h4-12H,1-3H3. The summed E-state index contributed by atoms with van der Waals surface area (Å²) in [5, 5.41) is 0. The average molecular weight is 254 g/mol. The number of aldehydes is 1. The molecule has 0 saturated carbocycles. The lowest BCUT2D eigenvalue weighted by Crippen LogP contribution is -1.92. The highest BCUT2D eigenvalue weighted by atomic mass is 16.5. The van der Waals surface area contributed by atoms with E-state index in [4.69, 9.17) is 4.74 Å². The van der Waals surface area contributed by atoms with Crippen LogP contribution in [0.25, 0.3) is 11.1 Å². The zero-order chi connectivity index (χ0) is 13.8. The van der Waals surface area contributed by atoms with Gasteiger partial charge in [-0.1, -0.05) is 38.1 Å². The minimum atomic E-state index is 0.510. The molecule has 2 rings (SSSR count). The zero-order valence-electron chi connectivity index (χ0n) is 11.5. The van der Waals surface area contributed by atoms with Crippen molar-refractivity contribution in [3.63, 3.8) is 0 Å². The molecule has 0 unspecified atom stereocenters. The molecule has 0 heterocycles. The van der Waals surface area contributed by atoms with Crippen LogP contribution in [0.1, 0.15) is 35.7 Å². The fourth-order valence-corrected chi connectivity index (χ4v) is 2.08. The minimum Gasteiger partial charge on any atom is -0.497 e. The number of methoxy groups -OCH3 is 1. The van der Waals surface area contributed by atoms with Crippen molar-refractivity contribution in [1.82, 2.24) is 0 Å². The number of hydrogen-bond acceptors (Lipinski definition) is 2. The van der Waals surface area contributed by atoms with Crippen molar-refractivity contribution in [3.05, 3.63) is 53.6 Å². The lowest BCUT2D eigenvalue weighted by molar-refractivity contribution is 0.112. The molecular weight excluding hydrogens is 236 g/mol. The molecule has 19 heavy (non-hydrogen) atoms. The van der Waals surface area contributed by atoms with Crippen molar-refractivity contribution >= 4 is 6.29 Å². The summed E-state index contributed by atoms with van der Waals surface area (Å²) in [6, 6.07) is 13.9. The van der Waals surface area contributed by atoms with Crippen LogP contribution in [0.15, 0.2) is 42.5 Å². The molecule has 0 amide bonds. The molecule has 2 aromatic rings. The van der Waals surface area contributed by atoms with Crippen molar-refractivity contribution in [2.24, 2.45) is 0 Å². The van der Waals surface area contributed by atoms with Crippen molar-refractivity contribution in [2.45, 2.75) is 19.8 Å². The van der Waals surface area contributed by atoms with Crippen molar-refractivity contribution in [3.8, 4) is 16.9 Å². The van der Waals surface area contributed by atoms with Gasteiger partial charge in [0.25, 0.3) is 0 Å². The van der Waals surface area contributed by atoms with Gasteiger partial charge in [0.05, 0.1) is 7.11 Å². The molecule has 0 aliphatic rings. The number of hydrogen-bond donors (Lipinski definition) is 0. The maximum absolute atomic E-state index is 11.2. The molecule has 0 radical (unpaired) electrons. The average Bonchev–Trinajstić information content (AvgIpc) is 2.46. The third kappa shape index (κ3) is 2.84. The van der Waals surface area contributed by atoms with E-state index in [0.717, 1.165) is 17.4 Å². The third-order valence-electron chi connectivity index (χ3n) is 3.27. The molecule has 0 spiro atoms. The van der Waals surface area contributed by atoms with Gasteiger partial charge in [0.2, 0.25) is 0 Å². The van der Waals surface area contributed by atoms with E-state index in [0.29, 0.717) is 17.2 Å². The van der Waals surface area contributed by atoms with Crippen LogP contribution in [0.3, 0.4) is 0 Å². The first kappa shape index (κ1) is 13.3. The second kappa shape index (κ2) is 5.70. The summed E-state index contributed by atoms with van der Waals surface area (Å²) in [5.74, 6) is 1.21. The van der Waals surface area contributed by atoms with E-state index in [1.165, 1.54) is 5.56 Å². The third-order valence-corrected chi connectivity index (χ3v) is 3.27. The van der Waals surface area contributed by atoms with E-state index in [-0.39, 0.29) is 0 Å². The van der Waals surface area contributed by atoms with E-state index in [1.54, 1.807) is 13.2 Å². The van der Waals surface area contributed by atoms with Gasteiger partial charge in [-0.25, -0.2) is 0 Å². The smallest absolute Gasteiger partial charge is 0.150 e. The van der Waals surface area contributed by atoms with Gasteiger partial charge in [-0.3, -0.25) is 4.79 Å². The Bertz CT molecular complexity index is 568. The van der Waals surface area contributed by atoms with E-state index in [9.17, 15) is 4.79 Å². The van der Waals surface area contributed by atoms with Gasteiger partial charge in [0.15, 0.2) is 6.29 Å². The first-order valence-electron chi connectivity index (χ1n) is 6.39. The lowest BCUT2D eigenvalue weighted by Gasteiger charge is -2.10. The Morgan fingerprint density at radius 2 is 1.74 bits per heavy atom. The topological polar surface area (TPSA) is 26.3 Å². The molecule has 0 aliphatic carbocycles. The fraction of sp³-hybridized carbons (Fsp3) is 0.235. The second-order valence-electron chi connectivity index (χ2n) is 4.85. The van der Waals surface area contributed by atoms with E-state index in [1.807, 2.05) is 12.1 Å². The van der Waals surface area contributed by atoms with E-state index in [2.05, 4.69) is 38.1 Å². The van der Waals surface area contributed by atoms with Crippen molar-refractivity contribution < 1.29 is 9.53 Å². The fourth-order valence-electron chi connectivity index (χ4n) is 2.08. The predicted octanol–water partition coefficient (Wildman–Crippen LogP) is 4.30. The minimum absolute atomic E-state index is 0.510. The quantitative estimate of drug-likeness (QED) is 0.760. The summed E-state index contributed by atoms with van der Waals surface area (Å²) in [7, 11) is 1.60. The Hall–Kier alpha value is -2.09. The highest BCUT2D eigenvalue weighted by Gasteiger charge is 2.07. The molecule has 0 atom stereocenters. The second-order valence-corrected chi connectivity index (χ2v) is 4.85. The first-order chi connectivity index (χ1) is 9.15. The molecule has 2 aromatic carbocycles. The molecule has 0 aliphatic heterocycles. The molecule has 98 valence electrons. The first-order valence-corrected chi connectivity index (χ1v) is 6.39. The van der Waals surface area contributed by atoms with Crippen LogP contribution in [0.4, 0.5) is 0 Å².